The number of methoxy groups -OCH3 is 1. The Hall–Kier alpha value is -2.11. The van der Waals surface area contributed by atoms with Crippen molar-refractivity contribution in [2.24, 2.45) is 11.8 Å². The van der Waals surface area contributed by atoms with Crippen LogP contribution >= 0.6 is 35.3 Å². The van der Waals surface area contributed by atoms with E-state index in [1.165, 1.54) is 31.0 Å². The molecule has 34 heavy (non-hydrogen) atoms. The molecule has 2 aromatic rings. The summed E-state index contributed by atoms with van der Waals surface area (Å²) in [5.41, 5.74) is 1.95. The Morgan fingerprint density at radius 3 is 2.91 bits per heavy atom. The Morgan fingerprint density at radius 1 is 1.29 bits per heavy atom. The molecule has 0 radical (unpaired) electrons. The predicted molar refractivity (Wildman–Crippen MR) is 144 cm³/mol. The molecule has 1 N–H and O–H groups in total. The van der Waals surface area contributed by atoms with Gasteiger partial charge < -0.3 is 9.84 Å². The van der Waals surface area contributed by atoms with E-state index in [1.807, 2.05) is 29.2 Å². The van der Waals surface area contributed by atoms with Crippen molar-refractivity contribution in [3.05, 3.63) is 45.7 Å². The highest BCUT2D eigenvalue weighted by Crippen LogP contribution is 2.49. The number of unbranched alkanes of at least 4 members (excludes halogenated alkanes) is 1. The van der Waals surface area contributed by atoms with E-state index in [0.29, 0.717) is 28.0 Å². The third-order valence-electron chi connectivity index (χ3n) is 6.92. The van der Waals surface area contributed by atoms with Crippen LogP contribution in [0, 0.1) is 23.7 Å². The molecule has 1 saturated heterocycles. The first-order chi connectivity index (χ1) is 16.6. The molecule has 2 bridgehead atoms. The molecule has 1 aromatic heterocycles. The quantitative estimate of drug-likeness (QED) is 0.226. The molecule has 1 amide bonds. The maximum absolute atomic E-state index is 13.4. The Balaban J connectivity index is 1.46. The van der Waals surface area contributed by atoms with Gasteiger partial charge in [0, 0.05) is 34.4 Å². The number of hydrogen-bond donors (Lipinski definition) is 1. The maximum atomic E-state index is 13.4. The Labute approximate surface area is 214 Å². The third kappa shape index (κ3) is 4.70. The fourth-order valence-corrected chi connectivity index (χ4v) is 7.75. The number of fused-ring (bicyclic) bond motifs is 2. The van der Waals surface area contributed by atoms with Crippen LogP contribution < -0.4 is 4.74 Å². The average molecular weight is 510 g/mol. The molecular weight excluding hydrogens is 483 g/mol. The lowest BCUT2D eigenvalue weighted by Gasteiger charge is -2.30. The zero-order valence-electron chi connectivity index (χ0n) is 19.1. The van der Waals surface area contributed by atoms with E-state index < -0.39 is 0 Å². The molecule has 1 aromatic carbocycles. The summed E-state index contributed by atoms with van der Waals surface area (Å²) in [5, 5.41) is 9.07. The second-order valence-electron chi connectivity index (χ2n) is 9.04. The first-order valence-corrected chi connectivity index (χ1v) is 13.8. The van der Waals surface area contributed by atoms with Gasteiger partial charge in [-0.15, -0.1) is 11.3 Å². The summed E-state index contributed by atoms with van der Waals surface area (Å²) in [7, 11) is 1.66. The van der Waals surface area contributed by atoms with Crippen LogP contribution in [0.3, 0.4) is 0 Å². The van der Waals surface area contributed by atoms with Crippen LogP contribution in [0.2, 0.25) is 0 Å². The smallest absolute Gasteiger partial charge is 0.266 e. The molecule has 3 unspecified atom stereocenters. The van der Waals surface area contributed by atoms with Gasteiger partial charge in [-0.1, -0.05) is 54.4 Å². The van der Waals surface area contributed by atoms with Crippen LogP contribution in [-0.2, 0) is 4.79 Å². The molecule has 5 rings (SSSR count). The van der Waals surface area contributed by atoms with E-state index in [0.717, 1.165) is 39.0 Å². The van der Waals surface area contributed by atoms with E-state index in [9.17, 15) is 4.79 Å². The van der Waals surface area contributed by atoms with E-state index in [4.69, 9.17) is 22.1 Å². The van der Waals surface area contributed by atoms with Crippen LogP contribution in [0.5, 0.6) is 5.75 Å². The highest BCUT2D eigenvalue weighted by atomic mass is 32.2. The Morgan fingerprint density at radius 2 is 2.18 bits per heavy atom. The molecule has 3 fully saturated rings. The molecule has 7 heteroatoms. The minimum atomic E-state index is 0.0445. The second-order valence-corrected chi connectivity index (χ2v) is 11.8. The summed E-state index contributed by atoms with van der Waals surface area (Å²) in [4.78, 5) is 18.0. The summed E-state index contributed by atoms with van der Waals surface area (Å²) < 4.78 is 6.08. The number of carbonyl (C=O) groups excluding carboxylic acids is 1. The molecular formula is C27H27NO3S3. The third-order valence-corrected chi connectivity index (χ3v) is 9.38. The summed E-state index contributed by atoms with van der Waals surface area (Å²) in [6.45, 7) is 0.131. The molecule has 3 aliphatic rings. The van der Waals surface area contributed by atoms with Gasteiger partial charge in [0.25, 0.3) is 5.91 Å². The topological polar surface area (TPSA) is 49.8 Å². The molecule has 2 aliphatic carbocycles. The van der Waals surface area contributed by atoms with Crippen molar-refractivity contribution in [2.45, 2.75) is 44.6 Å². The number of thiocarbonyl (C=S) groups is 1. The molecule has 176 valence electrons. The number of aliphatic hydroxyl groups is 1. The number of nitrogens with zero attached hydrogens (tertiary/aromatic N) is 1. The number of thiophene rings is 1. The number of benzene rings is 1. The highest BCUT2D eigenvalue weighted by molar-refractivity contribution is 8.26. The van der Waals surface area contributed by atoms with Gasteiger partial charge in [-0.3, -0.25) is 9.69 Å². The van der Waals surface area contributed by atoms with Gasteiger partial charge in [-0.05, 0) is 67.4 Å². The molecule has 0 spiro atoms. The van der Waals surface area contributed by atoms with Gasteiger partial charge in [0.15, 0.2) is 0 Å². The number of hydrogen-bond acceptors (Lipinski definition) is 6. The predicted octanol–water partition coefficient (Wildman–Crippen LogP) is 5.94. The van der Waals surface area contributed by atoms with E-state index >= 15 is 0 Å². The largest absolute Gasteiger partial charge is 0.497 e. The fourth-order valence-electron chi connectivity index (χ4n) is 5.27. The van der Waals surface area contributed by atoms with Crippen molar-refractivity contribution in [2.75, 3.05) is 13.7 Å². The van der Waals surface area contributed by atoms with Gasteiger partial charge in [0.2, 0.25) is 0 Å². The second kappa shape index (κ2) is 10.2. The number of rotatable bonds is 6. The lowest BCUT2D eigenvalue weighted by atomic mass is 9.94. The standard InChI is InChI=1S/C27H27NO3S3/c1-31-21-8-5-7-19(14-21)23-15-20(6-3-2-4-11-29)24(33-23)16-25-26(30)28(27(32)34-25)22-13-17-9-10-18(22)12-17/h5,7-8,14-18,22,29H,2,4,9-13H2,1H3/b25-16-. The first kappa shape index (κ1) is 23.6. The number of thioether (sulfide) groups is 1. The number of aliphatic hydroxyl groups excluding tert-OH is 1. The van der Waals surface area contributed by atoms with Crippen LogP contribution in [0.25, 0.3) is 16.5 Å². The van der Waals surface area contributed by atoms with Crippen molar-refractivity contribution in [3.8, 4) is 28.0 Å². The van der Waals surface area contributed by atoms with Crippen molar-refractivity contribution >= 4 is 51.6 Å². The maximum Gasteiger partial charge on any atom is 0.266 e. The van der Waals surface area contributed by atoms with E-state index in [-0.39, 0.29) is 18.6 Å². The minimum absolute atomic E-state index is 0.0445. The van der Waals surface area contributed by atoms with Crippen LogP contribution in [-0.4, -0.2) is 40.0 Å². The molecule has 2 saturated carbocycles. The monoisotopic (exact) mass is 509 g/mol. The van der Waals surface area contributed by atoms with Gasteiger partial charge in [-0.2, -0.15) is 0 Å². The minimum Gasteiger partial charge on any atom is -0.497 e. The zero-order chi connectivity index (χ0) is 23.7. The SMILES string of the molecule is COc1cccc(-c2cc(C#CCCCO)c(/C=C3\SC(=S)N(C4CC5CCC4C5)C3=O)s2)c1. The number of amides is 1. The van der Waals surface area contributed by atoms with Gasteiger partial charge >= 0.3 is 0 Å². The summed E-state index contributed by atoms with van der Waals surface area (Å²) in [6.07, 6.45) is 8.09. The average Bonchev–Trinajstić information content (AvgIpc) is 3.62. The molecule has 1 aliphatic heterocycles. The highest BCUT2D eigenvalue weighted by Gasteiger charge is 2.48. The summed E-state index contributed by atoms with van der Waals surface area (Å²) in [5.74, 6) is 8.62. The number of ether oxygens (including phenoxy) is 1. The Kier molecular flexibility index (Phi) is 7.12. The summed E-state index contributed by atoms with van der Waals surface area (Å²) >= 11 is 8.71. The van der Waals surface area contributed by atoms with Gasteiger partial charge in [0.1, 0.15) is 10.1 Å². The van der Waals surface area contributed by atoms with Crippen LogP contribution in [0.15, 0.2) is 35.2 Å². The molecule has 2 heterocycles. The molecule has 3 atom stereocenters. The zero-order valence-corrected chi connectivity index (χ0v) is 21.5. The first-order valence-electron chi connectivity index (χ1n) is 11.7. The van der Waals surface area contributed by atoms with Crippen molar-refractivity contribution in [1.82, 2.24) is 4.90 Å². The van der Waals surface area contributed by atoms with E-state index in [2.05, 4.69) is 24.0 Å². The van der Waals surface area contributed by atoms with Crippen LogP contribution in [0.4, 0.5) is 0 Å². The Bertz CT molecular complexity index is 1210. The van der Waals surface area contributed by atoms with E-state index in [1.54, 1.807) is 18.4 Å². The lowest BCUT2D eigenvalue weighted by Crippen LogP contribution is -2.41. The number of carbonyl (C=O) groups is 1. The van der Waals surface area contributed by atoms with Gasteiger partial charge in [0.05, 0.1) is 12.0 Å². The van der Waals surface area contributed by atoms with Crippen molar-refractivity contribution in [1.29, 1.82) is 0 Å². The van der Waals surface area contributed by atoms with Crippen LogP contribution in [0.1, 0.15) is 49.0 Å². The van der Waals surface area contributed by atoms with Gasteiger partial charge in [-0.25, -0.2) is 0 Å². The van der Waals surface area contributed by atoms with Crippen molar-refractivity contribution in [3.63, 3.8) is 0 Å². The summed E-state index contributed by atoms with van der Waals surface area (Å²) in [6, 6.07) is 10.3. The van der Waals surface area contributed by atoms with Crippen molar-refractivity contribution < 1.29 is 14.6 Å². The fraction of sp³-hybridized carbons (Fsp3) is 0.407. The molecule has 4 nitrogen and oxygen atoms in total. The normalized spacial score (nSPS) is 24.7. The lowest BCUT2D eigenvalue weighted by molar-refractivity contribution is -0.124.